The van der Waals surface area contributed by atoms with Crippen LogP contribution in [0, 0.1) is 11.6 Å². The molecule has 1 aliphatic rings. The maximum atomic E-state index is 13.8. The van der Waals surface area contributed by atoms with Crippen LogP contribution in [0.5, 0.6) is 0 Å². The minimum Gasteiger partial charge on any atom is -0.323 e. The standard InChI is InChI=1S/C16H15F2N/c17-11-6-8-15(18)14(9-11)16(19)13-7-5-10-3-1-2-4-12(10)13/h1-4,6,8-9,13,16H,5,7,19H2. The summed E-state index contributed by atoms with van der Waals surface area (Å²) in [6, 6.07) is 11.0. The van der Waals surface area contributed by atoms with Gasteiger partial charge in [0.15, 0.2) is 0 Å². The van der Waals surface area contributed by atoms with Crippen molar-refractivity contribution in [2.45, 2.75) is 24.8 Å². The summed E-state index contributed by atoms with van der Waals surface area (Å²) < 4.78 is 27.1. The minimum absolute atomic E-state index is 0.0625. The van der Waals surface area contributed by atoms with Gasteiger partial charge in [-0.3, -0.25) is 0 Å². The molecule has 98 valence electrons. The molecule has 19 heavy (non-hydrogen) atoms. The summed E-state index contributed by atoms with van der Waals surface area (Å²) in [5.74, 6) is -0.816. The Labute approximate surface area is 111 Å². The van der Waals surface area contributed by atoms with E-state index in [4.69, 9.17) is 5.73 Å². The van der Waals surface area contributed by atoms with Crippen LogP contribution in [0.25, 0.3) is 0 Å². The molecule has 2 unspecified atom stereocenters. The van der Waals surface area contributed by atoms with Gasteiger partial charge in [0.1, 0.15) is 11.6 Å². The summed E-state index contributed by atoms with van der Waals surface area (Å²) in [4.78, 5) is 0. The SMILES string of the molecule is NC(c1cc(F)ccc1F)C1CCc2ccccc21. The highest BCUT2D eigenvalue weighted by Gasteiger charge is 2.29. The molecule has 3 heteroatoms. The van der Waals surface area contributed by atoms with Crippen molar-refractivity contribution >= 4 is 0 Å². The van der Waals surface area contributed by atoms with Crippen molar-refractivity contribution in [1.82, 2.24) is 0 Å². The molecule has 0 aliphatic heterocycles. The largest absolute Gasteiger partial charge is 0.323 e. The third-order valence-electron chi connectivity index (χ3n) is 3.93. The molecule has 2 N–H and O–H groups in total. The van der Waals surface area contributed by atoms with Gasteiger partial charge in [0.25, 0.3) is 0 Å². The fourth-order valence-electron chi connectivity index (χ4n) is 2.95. The fraction of sp³-hybridized carbons (Fsp3) is 0.250. The van der Waals surface area contributed by atoms with E-state index in [0.29, 0.717) is 0 Å². The van der Waals surface area contributed by atoms with Crippen molar-refractivity contribution in [3.63, 3.8) is 0 Å². The number of hydrogen-bond acceptors (Lipinski definition) is 1. The molecule has 2 aromatic carbocycles. The molecule has 0 radical (unpaired) electrons. The lowest BCUT2D eigenvalue weighted by Gasteiger charge is -2.21. The van der Waals surface area contributed by atoms with Crippen LogP contribution in [0.1, 0.15) is 35.1 Å². The van der Waals surface area contributed by atoms with Gasteiger partial charge >= 0.3 is 0 Å². The fourth-order valence-corrected chi connectivity index (χ4v) is 2.95. The zero-order valence-corrected chi connectivity index (χ0v) is 10.4. The number of fused-ring (bicyclic) bond motifs is 1. The van der Waals surface area contributed by atoms with Crippen molar-refractivity contribution in [2.24, 2.45) is 5.73 Å². The van der Waals surface area contributed by atoms with Gasteiger partial charge in [-0.1, -0.05) is 24.3 Å². The van der Waals surface area contributed by atoms with Crippen molar-refractivity contribution in [3.05, 3.63) is 70.8 Å². The predicted octanol–water partition coefficient (Wildman–Crippen LogP) is 3.69. The van der Waals surface area contributed by atoms with Crippen LogP contribution in [0.15, 0.2) is 42.5 Å². The van der Waals surface area contributed by atoms with Gasteiger partial charge in [0.2, 0.25) is 0 Å². The maximum Gasteiger partial charge on any atom is 0.128 e. The van der Waals surface area contributed by atoms with Crippen LogP contribution in [0.2, 0.25) is 0 Å². The second-order valence-corrected chi connectivity index (χ2v) is 5.04. The van der Waals surface area contributed by atoms with Gasteiger partial charge in [-0.05, 0) is 42.2 Å². The number of aryl methyl sites for hydroxylation is 1. The molecule has 2 aromatic rings. The second kappa shape index (κ2) is 4.74. The molecule has 2 atom stereocenters. The first-order valence-electron chi connectivity index (χ1n) is 6.45. The monoisotopic (exact) mass is 259 g/mol. The van der Waals surface area contributed by atoms with Gasteiger partial charge in [-0.15, -0.1) is 0 Å². The highest BCUT2D eigenvalue weighted by molar-refractivity contribution is 5.38. The van der Waals surface area contributed by atoms with Crippen LogP contribution in [0.4, 0.5) is 8.78 Å². The molecule has 0 spiro atoms. The maximum absolute atomic E-state index is 13.8. The lowest BCUT2D eigenvalue weighted by atomic mass is 9.88. The number of halogens is 2. The molecular weight excluding hydrogens is 244 g/mol. The summed E-state index contributed by atoms with van der Waals surface area (Å²) in [6.45, 7) is 0. The lowest BCUT2D eigenvalue weighted by molar-refractivity contribution is 0.506. The van der Waals surface area contributed by atoms with Gasteiger partial charge in [0, 0.05) is 17.5 Å². The van der Waals surface area contributed by atoms with Crippen LogP contribution in [0.3, 0.4) is 0 Å². The quantitative estimate of drug-likeness (QED) is 0.874. The number of hydrogen-bond donors (Lipinski definition) is 1. The van der Waals surface area contributed by atoms with Crippen molar-refractivity contribution in [3.8, 4) is 0 Å². The van der Waals surface area contributed by atoms with Gasteiger partial charge < -0.3 is 5.73 Å². The van der Waals surface area contributed by atoms with E-state index in [-0.39, 0.29) is 11.5 Å². The van der Waals surface area contributed by atoms with E-state index in [1.807, 2.05) is 18.2 Å². The molecule has 0 heterocycles. The molecule has 1 nitrogen and oxygen atoms in total. The van der Waals surface area contributed by atoms with E-state index in [2.05, 4.69) is 6.07 Å². The highest BCUT2D eigenvalue weighted by Crippen LogP contribution is 2.40. The van der Waals surface area contributed by atoms with Crippen molar-refractivity contribution in [1.29, 1.82) is 0 Å². The Bertz CT molecular complexity index is 609. The highest BCUT2D eigenvalue weighted by atomic mass is 19.1. The summed E-state index contributed by atoms with van der Waals surface area (Å²) in [6.07, 6.45) is 1.84. The van der Waals surface area contributed by atoms with Gasteiger partial charge in [-0.2, -0.15) is 0 Å². The average molecular weight is 259 g/mol. The number of nitrogens with two attached hydrogens (primary N) is 1. The molecular formula is C16H15F2N. The molecule has 0 amide bonds. The zero-order chi connectivity index (χ0) is 13.4. The van der Waals surface area contributed by atoms with E-state index in [9.17, 15) is 8.78 Å². The third-order valence-corrected chi connectivity index (χ3v) is 3.93. The molecule has 0 fully saturated rings. The summed E-state index contributed by atoms with van der Waals surface area (Å²) in [7, 11) is 0. The Morgan fingerprint density at radius 1 is 1.11 bits per heavy atom. The van der Waals surface area contributed by atoms with Crippen LogP contribution < -0.4 is 5.73 Å². The average Bonchev–Trinajstić information content (AvgIpc) is 2.84. The molecule has 3 rings (SSSR count). The van der Waals surface area contributed by atoms with Crippen molar-refractivity contribution in [2.75, 3.05) is 0 Å². The number of rotatable bonds is 2. The number of benzene rings is 2. The third kappa shape index (κ3) is 2.15. The van der Waals surface area contributed by atoms with Crippen LogP contribution in [-0.2, 0) is 6.42 Å². The normalized spacial score (nSPS) is 19.2. The van der Waals surface area contributed by atoms with E-state index in [0.717, 1.165) is 25.0 Å². The van der Waals surface area contributed by atoms with E-state index < -0.39 is 17.7 Å². The summed E-state index contributed by atoms with van der Waals surface area (Å²) in [5.41, 5.74) is 8.87. The van der Waals surface area contributed by atoms with Crippen molar-refractivity contribution < 1.29 is 8.78 Å². The molecule has 1 aliphatic carbocycles. The molecule has 0 saturated heterocycles. The second-order valence-electron chi connectivity index (χ2n) is 5.04. The van der Waals surface area contributed by atoms with Gasteiger partial charge in [0.05, 0.1) is 0 Å². The molecule has 0 saturated carbocycles. The van der Waals surface area contributed by atoms with E-state index in [1.165, 1.54) is 17.2 Å². The predicted molar refractivity (Wildman–Crippen MR) is 70.8 cm³/mol. The smallest absolute Gasteiger partial charge is 0.128 e. The molecule has 0 aromatic heterocycles. The summed E-state index contributed by atoms with van der Waals surface area (Å²) >= 11 is 0. The van der Waals surface area contributed by atoms with E-state index >= 15 is 0 Å². The minimum atomic E-state index is -0.501. The van der Waals surface area contributed by atoms with Crippen LogP contribution >= 0.6 is 0 Å². The Morgan fingerprint density at radius 2 is 1.89 bits per heavy atom. The first-order chi connectivity index (χ1) is 9.16. The Balaban J connectivity index is 1.97. The Hall–Kier alpha value is -1.74. The first-order valence-corrected chi connectivity index (χ1v) is 6.45. The lowest BCUT2D eigenvalue weighted by Crippen LogP contribution is -2.19. The Kier molecular flexibility index (Phi) is 3.07. The molecule has 0 bridgehead atoms. The first kappa shape index (κ1) is 12.3. The van der Waals surface area contributed by atoms with Gasteiger partial charge in [-0.25, -0.2) is 8.78 Å². The topological polar surface area (TPSA) is 26.0 Å². The zero-order valence-electron chi connectivity index (χ0n) is 10.4. The van der Waals surface area contributed by atoms with Crippen LogP contribution in [-0.4, -0.2) is 0 Å². The van der Waals surface area contributed by atoms with E-state index in [1.54, 1.807) is 0 Å². The Morgan fingerprint density at radius 3 is 2.74 bits per heavy atom. The summed E-state index contributed by atoms with van der Waals surface area (Å²) in [5, 5.41) is 0.